The highest BCUT2D eigenvalue weighted by Gasteiger charge is 2.20. The smallest absolute Gasteiger partial charge is 0.352 e. The number of benzene rings is 1. The molecule has 2 N–H and O–H groups in total. The molecule has 0 amide bonds. The number of rotatable bonds is 3. The Morgan fingerprint density at radius 2 is 1.89 bits per heavy atom. The fourth-order valence-electron chi connectivity index (χ4n) is 2.21. The van der Waals surface area contributed by atoms with Crippen LogP contribution in [0, 0.1) is 13.8 Å². The fraction of sp³-hybridized carbons (Fsp3) is 0.231. The van der Waals surface area contributed by atoms with Crippen LogP contribution in [-0.4, -0.2) is 26.7 Å². The molecule has 5 nitrogen and oxygen atoms in total. The molecule has 0 atom stereocenters. The van der Waals surface area contributed by atoms with Gasteiger partial charge in [0.2, 0.25) is 0 Å². The third-order valence-corrected chi connectivity index (χ3v) is 2.97. The molecule has 5 heteroatoms. The van der Waals surface area contributed by atoms with Crippen LogP contribution in [0.25, 0.3) is 10.9 Å². The van der Waals surface area contributed by atoms with E-state index in [0.29, 0.717) is 11.1 Å². The second-order valence-electron chi connectivity index (χ2n) is 4.28. The van der Waals surface area contributed by atoms with Crippen molar-refractivity contribution in [1.82, 2.24) is 4.57 Å². The topological polar surface area (TPSA) is 79.5 Å². The van der Waals surface area contributed by atoms with Crippen molar-refractivity contribution in [3.63, 3.8) is 0 Å². The van der Waals surface area contributed by atoms with Crippen LogP contribution in [0.2, 0.25) is 0 Å². The van der Waals surface area contributed by atoms with Crippen LogP contribution in [0.5, 0.6) is 0 Å². The van der Waals surface area contributed by atoms with Crippen molar-refractivity contribution >= 4 is 22.8 Å². The summed E-state index contributed by atoms with van der Waals surface area (Å²) in [5.41, 5.74) is 2.29. The molecule has 0 saturated heterocycles. The molecule has 0 aliphatic rings. The minimum absolute atomic E-state index is 0.0398. The predicted molar refractivity (Wildman–Crippen MR) is 66.0 cm³/mol. The van der Waals surface area contributed by atoms with Crippen LogP contribution < -0.4 is 0 Å². The molecule has 0 aliphatic heterocycles. The quantitative estimate of drug-likeness (QED) is 0.869. The molecule has 18 heavy (non-hydrogen) atoms. The van der Waals surface area contributed by atoms with E-state index < -0.39 is 11.9 Å². The highest BCUT2D eigenvalue weighted by Crippen LogP contribution is 2.26. The number of hydrogen-bond donors (Lipinski definition) is 2. The third-order valence-electron chi connectivity index (χ3n) is 2.97. The van der Waals surface area contributed by atoms with Gasteiger partial charge in [-0.3, -0.25) is 4.79 Å². The van der Waals surface area contributed by atoms with Crippen LogP contribution in [-0.2, 0) is 11.3 Å². The standard InChI is InChI=1S/C13H13NO4/c1-7-3-4-10-9(5-7)8(2)12(13(17)18)14(10)6-11(15)16/h3-5H,6H2,1-2H3,(H,15,16)(H,17,18). The largest absolute Gasteiger partial charge is 0.480 e. The number of carbonyl (C=O) groups is 2. The van der Waals surface area contributed by atoms with E-state index in [1.54, 1.807) is 13.0 Å². The Morgan fingerprint density at radius 1 is 1.22 bits per heavy atom. The number of aromatic carboxylic acids is 1. The van der Waals surface area contributed by atoms with Crippen LogP contribution in [0.15, 0.2) is 18.2 Å². The predicted octanol–water partition coefficient (Wildman–Crippen LogP) is 2.04. The Balaban J connectivity index is 2.83. The maximum atomic E-state index is 11.3. The summed E-state index contributed by atoms with van der Waals surface area (Å²) < 4.78 is 1.33. The maximum Gasteiger partial charge on any atom is 0.352 e. The number of aryl methyl sites for hydroxylation is 2. The van der Waals surface area contributed by atoms with Crippen molar-refractivity contribution in [1.29, 1.82) is 0 Å². The van der Waals surface area contributed by atoms with Gasteiger partial charge in [-0.2, -0.15) is 0 Å². The van der Waals surface area contributed by atoms with Gasteiger partial charge in [0.15, 0.2) is 0 Å². The van der Waals surface area contributed by atoms with Crippen molar-refractivity contribution in [3.8, 4) is 0 Å². The van der Waals surface area contributed by atoms with E-state index in [2.05, 4.69) is 0 Å². The zero-order valence-corrected chi connectivity index (χ0v) is 10.1. The fourth-order valence-corrected chi connectivity index (χ4v) is 2.21. The molecular formula is C13H13NO4. The molecule has 1 heterocycles. The summed E-state index contributed by atoms with van der Waals surface area (Å²) in [6.07, 6.45) is 0. The van der Waals surface area contributed by atoms with E-state index >= 15 is 0 Å². The van der Waals surface area contributed by atoms with Crippen LogP contribution in [0.3, 0.4) is 0 Å². The molecule has 2 aromatic rings. The Morgan fingerprint density at radius 3 is 2.44 bits per heavy atom. The summed E-state index contributed by atoms with van der Waals surface area (Å²) in [5, 5.41) is 18.9. The number of carboxylic acids is 2. The first-order chi connectivity index (χ1) is 8.41. The highest BCUT2D eigenvalue weighted by atomic mass is 16.4. The molecule has 2 rings (SSSR count). The monoisotopic (exact) mass is 247 g/mol. The van der Waals surface area contributed by atoms with E-state index in [1.807, 2.05) is 19.1 Å². The normalized spacial score (nSPS) is 10.8. The Kier molecular flexibility index (Phi) is 2.82. The summed E-state index contributed by atoms with van der Waals surface area (Å²) in [4.78, 5) is 22.1. The Labute approximate surface area is 103 Å². The average molecular weight is 247 g/mol. The molecule has 0 spiro atoms. The van der Waals surface area contributed by atoms with Gasteiger partial charge in [-0.1, -0.05) is 11.6 Å². The van der Waals surface area contributed by atoms with Crippen molar-refractivity contribution in [3.05, 3.63) is 35.0 Å². The number of hydrogen-bond acceptors (Lipinski definition) is 2. The van der Waals surface area contributed by atoms with Crippen LogP contribution in [0.4, 0.5) is 0 Å². The Hall–Kier alpha value is -2.30. The number of aliphatic carboxylic acids is 1. The summed E-state index contributed by atoms with van der Waals surface area (Å²) >= 11 is 0. The average Bonchev–Trinajstić information content (AvgIpc) is 2.51. The summed E-state index contributed by atoms with van der Waals surface area (Å²) in [7, 11) is 0. The molecule has 1 aromatic heterocycles. The maximum absolute atomic E-state index is 11.3. The minimum Gasteiger partial charge on any atom is -0.480 e. The van der Waals surface area contributed by atoms with E-state index in [4.69, 9.17) is 5.11 Å². The van der Waals surface area contributed by atoms with Gasteiger partial charge < -0.3 is 14.8 Å². The first-order valence-corrected chi connectivity index (χ1v) is 5.46. The van der Waals surface area contributed by atoms with Gasteiger partial charge in [0.25, 0.3) is 0 Å². The zero-order valence-electron chi connectivity index (χ0n) is 10.1. The van der Waals surface area contributed by atoms with Gasteiger partial charge in [0.1, 0.15) is 12.2 Å². The van der Waals surface area contributed by atoms with Gasteiger partial charge in [-0.25, -0.2) is 4.79 Å². The Bertz CT molecular complexity index is 655. The first-order valence-electron chi connectivity index (χ1n) is 5.46. The lowest BCUT2D eigenvalue weighted by molar-refractivity contribution is -0.137. The van der Waals surface area contributed by atoms with E-state index in [-0.39, 0.29) is 12.2 Å². The lowest BCUT2D eigenvalue weighted by Gasteiger charge is -2.04. The SMILES string of the molecule is Cc1ccc2c(c1)c(C)c(C(=O)O)n2CC(=O)O. The highest BCUT2D eigenvalue weighted by molar-refractivity contribution is 5.98. The van der Waals surface area contributed by atoms with Gasteiger partial charge in [-0.05, 0) is 31.5 Å². The summed E-state index contributed by atoms with van der Waals surface area (Å²) in [6, 6.07) is 5.47. The molecule has 0 bridgehead atoms. The number of carboxylic acid groups (broad SMARTS) is 2. The van der Waals surface area contributed by atoms with E-state index in [0.717, 1.165) is 10.9 Å². The number of nitrogens with zero attached hydrogens (tertiary/aromatic N) is 1. The first kappa shape index (κ1) is 12.2. The summed E-state index contributed by atoms with van der Waals surface area (Å²) in [6.45, 7) is 3.26. The lowest BCUT2D eigenvalue weighted by atomic mass is 10.1. The molecule has 0 aliphatic carbocycles. The molecule has 94 valence electrons. The van der Waals surface area contributed by atoms with Crippen LogP contribution >= 0.6 is 0 Å². The molecule has 0 unspecified atom stereocenters. The van der Waals surface area contributed by atoms with Crippen molar-refractivity contribution < 1.29 is 19.8 Å². The number of aromatic nitrogens is 1. The molecule has 1 aromatic carbocycles. The molecule has 0 fully saturated rings. The van der Waals surface area contributed by atoms with E-state index in [1.165, 1.54) is 4.57 Å². The van der Waals surface area contributed by atoms with Gasteiger partial charge in [0, 0.05) is 10.9 Å². The lowest BCUT2D eigenvalue weighted by Crippen LogP contribution is -2.15. The van der Waals surface area contributed by atoms with Crippen LogP contribution in [0.1, 0.15) is 21.6 Å². The second-order valence-corrected chi connectivity index (χ2v) is 4.28. The van der Waals surface area contributed by atoms with Crippen molar-refractivity contribution in [2.75, 3.05) is 0 Å². The summed E-state index contributed by atoms with van der Waals surface area (Å²) in [5.74, 6) is -2.17. The van der Waals surface area contributed by atoms with Gasteiger partial charge >= 0.3 is 11.9 Å². The third kappa shape index (κ3) is 1.84. The van der Waals surface area contributed by atoms with Gasteiger partial charge in [0.05, 0.1) is 0 Å². The second kappa shape index (κ2) is 4.18. The molecular weight excluding hydrogens is 234 g/mol. The zero-order chi connectivity index (χ0) is 13.4. The number of fused-ring (bicyclic) bond motifs is 1. The van der Waals surface area contributed by atoms with Crippen molar-refractivity contribution in [2.24, 2.45) is 0 Å². The molecule has 0 radical (unpaired) electrons. The van der Waals surface area contributed by atoms with Crippen molar-refractivity contribution in [2.45, 2.75) is 20.4 Å². The van der Waals surface area contributed by atoms with E-state index in [9.17, 15) is 14.7 Å². The molecule has 0 saturated carbocycles. The minimum atomic E-state index is -1.11. The van der Waals surface area contributed by atoms with Gasteiger partial charge in [-0.15, -0.1) is 0 Å².